The van der Waals surface area contributed by atoms with Crippen molar-refractivity contribution in [3.8, 4) is 0 Å². The van der Waals surface area contributed by atoms with Crippen molar-refractivity contribution in [2.24, 2.45) is 17.6 Å². The van der Waals surface area contributed by atoms with Gasteiger partial charge < -0.3 is 5.73 Å². The molecule has 0 heterocycles. The van der Waals surface area contributed by atoms with Gasteiger partial charge in [0.25, 0.3) is 0 Å². The fraction of sp³-hybridized carbons (Fsp3) is 0.538. The molecule has 2 saturated carbocycles. The Bertz CT molecular complexity index is 317. The molecule has 2 N–H and O–H groups in total. The molecule has 0 aliphatic heterocycles. The lowest BCUT2D eigenvalue weighted by Gasteiger charge is -2.28. The van der Waals surface area contributed by atoms with Gasteiger partial charge in [0, 0.05) is 12.0 Å². The van der Waals surface area contributed by atoms with Crippen molar-refractivity contribution in [2.45, 2.75) is 31.2 Å². The molecule has 2 fully saturated rings. The van der Waals surface area contributed by atoms with Crippen LogP contribution >= 0.6 is 0 Å². The molecule has 3 rings (SSSR count). The second kappa shape index (κ2) is 3.09. The summed E-state index contributed by atoms with van der Waals surface area (Å²) in [6.45, 7) is 0. The number of hydrogen-bond acceptors (Lipinski definition) is 1. The molecule has 0 saturated heterocycles. The largest absolute Gasteiger partial charge is 0.327 e. The van der Waals surface area contributed by atoms with Crippen LogP contribution in [0.25, 0.3) is 0 Å². The van der Waals surface area contributed by atoms with Gasteiger partial charge in [-0.1, -0.05) is 30.3 Å². The van der Waals surface area contributed by atoms with Gasteiger partial charge in [-0.15, -0.1) is 0 Å². The van der Waals surface area contributed by atoms with Gasteiger partial charge in [-0.25, -0.2) is 0 Å². The zero-order valence-electron chi connectivity index (χ0n) is 8.39. The lowest BCUT2D eigenvalue weighted by atomic mass is 9.80. The molecule has 2 aliphatic rings. The highest BCUT2D eigenvalue weighted by molar-refractivity contribution is 5.25. The number of nitrogens with two attached hydrogens (primary N) is 1. The summed E-state index contributed by atoms with van der Waals surface area (Å²) in [4.78, 5) is 0. The minimum atomic E-state index is 0.427. The minimum absolute atomic E-state index is 0.427. The Morgan fingerprint density at radius 3 is 2.36 bits per heavy atom. The summed E-state index contributed by atoms with van der Waals surface area (Å²) in [7, 11) is 0. The van der Waals surface area contributed by atoms with Crippen molar-refractivity contribution in [3.05, 3.63) is 35.9 Å². The lowest BCUT2D eigenvalue weighted by molar-refractivity contribution is 0.366. The summed E-state index contributed by atoms with van der Waals surface area (Å²) in [6.07, 6.45) is 4.15. The smallest absolute Gasteiger partial charge is 0.0139 e. The Kier molecular flexibility index (Phi) is 1.88. The summed E-state index contributed by atoms with van der Waals surface area (Å²) in [5, 5.41) is 0. The fourth-order valence-electron chi connectivity index (χ4n) is 3.51. The number of fused-ring (bicyclic) bond motifs is 2. The van der Waals surface area contributed by atoms with Gasteiger partial charge in [0.15, 0.2) is 0 Å². The Balaban J connectivity index is 1.93. The van der Waals surface area contributed by atoms with Crippen LogP contribution in [0.5, 0.6) is 0 Å². The summed E-state index contributed by atoms with van der Waals surface area (Å²) < 4.78 is 0. The van der Waals surface area contributed by atoms with E-state index in [1.54, 1.807) is 0 Å². The van der Waals surface area contributed by atoms with Crippen LogP contribution in [0.15, 0.2) is 30.3 Å². The Morgan fingerprint density at radius 2 is 1.71 bits per heavy atom. The molecule has 2 bridgehead atoms. The van der Waals surface area contributed by atoms with E-state index in [0.29, 0.717) is 12.0 Å². The first-order valence-electron chi connectivity index (χ1n) is 5.67. The van der Waals surface area contributed by atoms with Crippen LogP contribution in [-0.4, -0.2) is 6.04 Å². The summed E-state index contributed by atoms with van der Waals surface area (Å²) >= 11 is 0. The van der Waals surface area contributed by atoms with Crippen molar-refractivity contribution >= 4 is 0 Å². The van der Waals surface area contributed by atoms with Crippen molar-refractivity contribution < 1.29 is 0 Å². The number of benzene rings is 1. The fourth-order valence-corrected chi connectivity index (χ4v) is 3.51. The van der Waals surface area contributed by atoms with E-state index in [4.69, 9.17) is 5.73 Å². The van der Waals surface area contributed by atoms with Gasteiger partial charge in [0.1, 0.15) is 0 Å². The third-order valence-corrected chi connectivity index (χ3v) is 4.17. The SMILES string of the molecule is N[C@H]1[C@H]2CC[C@@H](C2)[C@@H]1c1ccccc1. The highest BCUT2D eigenvalue weighted by atomic mass is 14.7. The van der Waals surface area contributed by atoms with Crippen LogP contribution in [0.3, 0.4) is 0 Å². The molecule has 0 spiro atoms. The zero-order chi connectivity index (χ0) is 9.54. The molecule has 0 amide bonds. The molecule has 4 atom stereocenters. The number of hydrogen-bond donors (Lipinski definition) is 1. The third-order valence-electron chi connectivity index (χ3n) is 4.17. The van der Waals surface area contributed by atoms with Crippen LogP contribution in [0, 0.1) is 11.8 Å². The topological polar surface area (TPSA) is 26.0 Å². The normalized spacial score (nSPS) is 40.4. The van der Waals surface area contributed by atoms with Crippen LogP contribution < -0.4 is 5.73 Å². The standard InChI is InChI=1S/C13H17N/c14-13-11-7-6-10(8-11)12(13)9-4-2-1-3-5-9/h1-5,10-13H,6-8,14H2/t10-,11-,12-,13-/m0/s1. The molecule has 0 unspecified atom stereocenters. The third kappa shape index (κ3) is 1.12. The van der Waals surface area contributed by atoms with Crippen molar-refractivity contribution in [3.63, 3.8) is 0 Å². The minimum Gasteiger partial charge on any atom is -0.327 e. The first-order chi connectivity index (χ1) is 6.86. The second-order valence-corrected chi connectivity index (χ2v) is 4.85. The molecular formula is C13H17N. The molecule has 0 radical (unpaired) electrons. The zero-order valence-corrected chi connectivity index (χ0v) is 8.39. The van der Waals surface area contributed by atoms with Gasteiger partial charge in [0.05, 0.1) is 0 Å². The molecule has 1 aromatic rings. The first-order valence-corrected chi connectivity index (χ1v) is 5.67. The van der Waals surface area contributed by atoms with Crippen molar-refractivity contribution in [1.82, 2.24) is 0 Å². The van der Waals surface area contributed by atoms with E-state index in [9.17, 15) is 0 Å². The Hall–Kier alpha value is -0.820. The maximum atomic E-state index is 6.30. The highest BCUT2D eigenvalue weighted by Crippen LogP contribution is 2.51. The molecule has 14 heavy (non-hydrogen) atoms. The van der Waals surface area contributed by atoms with Crippen molar-refractivity contribution in [2.75, 3.05) is 0 Å². The maximum Gasteiger partial charge on any atom is 0.0139 e. The van der Waals surface area contributed by atoms with E-state index in [0.717, 1.165) is 11.8 Å². The Morgan fingerprint density at radius 1 is 1.00 bits per heavy atom. The van der Waals surface area contributed by atoms with Gasteiger partial charge in [-0.05, 0) is 36.7 Å². The quantitative estimate of drug-likeness (QED) is 0.718. The van der Waals surface area contributed by atoms with E-state index in [-0.39, 0.29) is 0 Å². The van der Waals surface area contributed by atoms with Crippen LogP contribution in [0.2, 0.25) is 0 Å². The van der Waals surface area contributed by atoms with Gasteiger partial charge in [-0.2, -0.15) is 0 Å². The molecule has 1 heteroatoms. The molecule has 74 valence electrons. The maximum absolute atomic E-state index is 6.30. The molecule has 1 nitrogen and oxygen atoms in total. The summed E-state index contributed by atoms with van der Waals surface area (Å²) in [5.74, 6) is 2.33. The first kappa shape index (κ1) is 8.49. The highest BCUT2D eigenvalue weighted by Gasteiger charge is 2.46. The summed E-state index contributed by atoms with van der Waals surface area (Å²) in [5.41, 5.74) is 7.76. The predicted molar refractivity (Wildman–Crippen MR) is 58.0 cm³/mol. The van der Waals surface area contributed by atoms with E-state index in [1.165, 1.54) is 24.8 Å². The van der Waals surface area contributed by atoms with Gasteiger partial charge in [-0.3, -0.25) is 0 Å². The van der Waals surface area contributed by atoms with Gasteiger partial charge >= 0.3 is 0 Å². The van der Waals surface area contributed by atoms with Gasteiger partial charge in [0.2, 0.25) is 0 Å². The van der Waals surface area contributed by atoms with E-state index >= 15 is 0 Å². The van der Waals surface area contributed by atoms with E-state index in [1.807, 2.05) is 0 Å². The van der Waals surface area contributed by atoms with Crippen LogP contribution in [0.1, 0.15) is 30.7 Å². The average molecular weight is 187 g/mol. The predicted octanol–water partition coefficient (Wildman–Crippen LogP) is 2.53. The molecule has 0 aromatic heterocycles. The van der Waals surface area contributed by atoms with E-state index in [2.05, 4.69) is 30.3 Å². The Labute approximate surface area is 85.3 Å². The lowest BCUT2D eigenvalue weighted by Crippen LogP contribution is -2.33. The summed E-state index contributed by atoms with van der Waals surface area (Å²) in [6, 6.07) is 11.3. The molecular weight excluding hydrogens is 170 g/mol. The molecule has 1 aromatic carbocycles. The molecule has 2 aliphatic carbocycles. The van der Waals surface area contributed by atoms with E-state index < -0.39 is 0 Å². The van der Waals surface area contributed by atoms with Crippen LogP contribution in [0.4, 0.5) is 0 Å². The van der Waals surface area contributed by atoms with Crippen molar-refractivity contribution in [1.29, 1.82) is 0 Å². The average Bonchev–Trinajstić information content (AvgIpc) is 2.79. The number of rotatable bonds is 1. The second-order valence-electron chi connectivity index (χ2n) is 4.85. The monoisotopic (exact) mass is 187 g/mol. The van der Waals surface area contributed by atoms with Crippen LogP contribution in [-0.2, 0) is 0 Å².